The van der Waals surface area contributed by atoms with E-state index >= 15 is 0 Å². The van der Waals surface area contributed by atoms with Crippen LogP contribution in [0.15, 0.2) is 24.3 Å². The Morgan fingerprint density at radius 1 is 1.28 bits per heavy atom. The number of ether oxygens (including phenoxy) is 1. The average molecular weight is 257 g/mol. The van der Waals surface area contributed by atoms with Crippen molar-refractivity contribution in [3.63, 3.8) is 0 Å². The molecule has 0 aliphatic carbocycles. The van der Waals surface area contributed by atoms with E-state index in [1.54, 1.807) is 0 Å². The van der Waals surface area contributed by atoms with Gasteiger partial charge in [-0.25, -0.2) is 5.06 Å². The van der Waals surface area contributed by atoms with Crippen molar-refractivity contribution in [2.45, 2.75) is 19.5 Å². The summed E-state index contributed by atoms with van der Waals surface area (Å²) in [7, 11) is 0. The maximum atomic E-state index is 12.0. The Bertz CT molecular complexity index is 402. The number of carbonyl (C=O) groups excluding carboxylic acids is 1. The maximum Gasteiger partial charge on any atom is 0.387 e. The monoisotopic (exact) mass is 257 g/mol. The second-order valence-corrected chi connectivity index (χ2v) is 3.85. The molecule has 4 nitrogen and oxygen atoms in total. The molecule has 0 aromatic heterocycles. The lowest BCUT2D eigenvalue weighted by Gasteiger charge is -2.25. The fraction of sp³-hybridized carbons (Fsp3) is 0.417. The first-order valence-corrected chi connectivity index (χ1v) is 5.66. The summed E-state index contributed by atoms with van der Waals surface area (Å²) in [6.45, 7) is -1.79. The van der Waals surface area contributed by atoms with Gasteiger partial charge in [-0.3, -0.25) is 9.63 Å². The zero-order valence-electron chi connectivity index (χ0n) is 9.64. The summed E-state index contributed by atoms with van der Waals surface area (Å²) in [6.07, 6.45) is 1.84. The molecule has 0 bridgehead atoms. The van der Waals surface area contributed by atoms with Gasteiger partial charge in [-0.05, 0) is 37.1 Å². The Morgan fingerprint density at radius 3 is 2.56 bits per heavy atom. The van der Waals surface area contributed by atoms with Gasteiger partial charge in [0.1, 0.15) is 5.75 Å². The fourth-order valence-corrected chi connectivity index (χ4v) is 1.68. The lowest BCUT2D eigenvalue weighted by molar-refractivity contribution is -0.144. The molecule has 0 spiro atoms. The van der Waals surface area contributed by atoms with Crippen LogP contribution in [0.2, 0.25) is 0 Å². The molecule has 0 saturated carbocycles. The third-order valence-electron chi connectivity index (χ3n) is 2.56. The summed E-state index contributed by atoms with van der Waals surface area (Å²) in [5.41, 5.74) is 0.388. The Balaban J connectivity index is 2.02. The molecule has 0 N–H and O–H groups in total. The van der Waals surface area contributed by atoms with Crippen molar-refractivity contribution in [1.82, 2.24) is 5.06 Å². The van der Waals surface area contributed by atoms with Gasteiger partial charge in [-0.15, -0.1) is 0 Å². The molecular weight excluding hydrogens is 244 g/mol. The molecule has 0 unspecified atom stereocenters. The number of alkyl halides is 2. The summed E-state index contributed by atoms with van der Waals surface area (Å²) >= 11 is 0. The largest absolute Gasteiger partial charge is 0.435 e. The summed E-state index contributed by atoms with van der Waals surface area (Å²) in [5, 5.41) is 1.30. The molecule has 1 aromatic rings. The molecule has 0 radical (unpaired) electrons. The second-order valence-electron chi connectivity index (χ2n) is 3.85. The van der Waals surface area contributed by atoms with Gasteiger partial charge >= 0.3 is 6.61 Å². The number of carbonyl (C=O) groups is 1. The van der Waals surface area contributed by atoms with Crippen LogP contribution >= 0.6 is 0 Å². The van der Waals surface area contributed by atoms with Gasteiger partial charge < -0.3 is 4.74 Å². The fourth-order valence-electron chi connectivity index (χ4n) is 1.68. The van der Waals surface area contributed by atoms with Crippen LogP contribution in [0.4, 0.5) is 8.78 Å². The zero-order chi connectivity index (χ0) is 13.0. The third kappa shape index (κ3) is 3.16. The predicted molar refractivity (Wildman–Crippen MR) is 59.3 cm³/mol. The van der Waals surface area contributed by atoms with Crippen molar-refractivity contribution in [3.05, 3.63) is 29.8 Å². The Morgan fingerprint density at radius 2 is 2.00 bits per heavy atom. The minimum Gasteiger partial charge on any atom is -0.435 e. The molecule has 1 fully saturated rings. The van der Waals surface area contributed by atoms with E-state index in [-0.39, 0.29) is 11.7 Å². The highest BCUT2D eigenvalue weighted by Gasteiger charge is 2.19. The van der Waals surface area contributed by atoms with Crippen molar-refractivity contribution in [3.8, 4) is 5.75 Å². The lowest BCUT2D eigenvalue weighted by atomic mass is 10.2. The first-order valence-electron chi connectivity index (χ1n) is 5.66. The van der Waals surface area contributed by atoms with Crippen molar-refractivity contribution in [2.24, 2.45) is 0 Å². The topological polar surface area (TPSA) is 38.8 Å². The minimum absolute atomic E-state index is 0.0288. The Kier molecular flexibility index (Phi) is 4.09. The highest BCUT2D eigenvalue weighted by molar-refractivity contribution is 5.93. The SMILES string of the molecule is O=C(c1ccc(OC(F)F)cc1)N1CCCCO1. The first-order chi connectivity index (χ1) is 8.66. The number of hydroxylamine groups is 2. The molecule has 1 amide bonds. The number of nitrogens with zero attached hydrogens (tertiary/aromatic N) is 1. The smallest absolute Gasteiger partial charge is 0.387 e. The van der Waals surface area contributed by atoms with Crippen LogP contribution in [0.5, 0.6) is 5.75 Å². The van der Waals surface area contributed by atoms with Crippen LogP contribution in [-0.2, 0) is 4.84 Å². The molecule has 1 saturated heterocycles. The van der Waals surface area contributed by atoms with Crippen molar-refractivity contribution >= 4 is 5.91 Å². The second kappa shape index (κ2) is 5.77. The summed E-state index contributed by atoms with van der Waals surface area (Å²) < 4.78 is 28.1. The van der Waals surface area contributed by atoms with E-state index in [1.165, 1.54) is 29.3 Å². The molecule has 1 aromatic carbocycles. The van der Waals surface area contributed by atoms with Crippen molar-refractivity contribution in [1.29, 1.82) is 0 Å². The predicted octanol–water partition coefficient (Wildman–Crippen LogP) is 2.46. The van der Waals surface area contributed by atoms with Crippen molar-refractivity contribution < 1.29 is 23.1 Å². The molecule has 1 aliphatic rings. The standard InChI is InChI=1S/C12H13F2NO3/c13-12(14)18-10-5-3-9(4-6-10)11(16)15-7-1-2-8-17-15/h3-6,12H,1-2,7-8H2. The minimum atomic E-state index is -2.86. The first kappa shape index (κ1) is 12.8. The van der Waals surface area contributed by atoms with Crippen LogP contribution in [0.1, 0.15) is 23.2 Å². The van der Waals surface area contributed by atoms with Gasteiger partial charge in [-0.1, -0.05) is 0 Å². The number of hydrogen-bond acceptors (Lipinski definition) is 3. The zero-order valence-corrected chi connectivity index (χ0v) is 9.64. The van der Waals surface area contributed by atoms with Gasteiger partial charge in [0.05, 0.1) is 6.61 Å². The number of halogens is 2. The molecule has 0 atom stereocenters. The van der Waals surface area contributed by atoms with E-state index in [4.69, 9.17) is 4.84 Å². The van der Waals surface area contributed by atoms with Crippen LogP contribution in [0, 0.1) is 0 Å². The summed E-state index contributed by atoms with van der Waals surface area (Å²) in [5.74, 6) is -0.237. The molecule has 18 heavy (non-hydrogen) atoms. The average Bonchev–Trinajstić information content (AvgIpc) is 2.39. The van der Waals surface area contributed by atoms with Gasteiger partial charge in [0.2, 0.25) is 0 Å². The Labute approximate surface area is 103 Å². The van der Waals surface area contributed by atoms with E-state index in [9.17, 15) is 13.6 Å². The Hall–Kier alpha value is -1.69. The quantitative estimate of drug-likeness (QED) is 0.834. The van der Waals surface area contributed by atoms with Crippen LogP contribution in [0.25, 0.3) is 0 Å². The van der Waals surface area contributed by atoms with E-state index in [1.807, 2.05) is 0 Å². The number of hydrogen-bond donors (Lipinski definition) is 0. The summed E-state index contributed by atoms with van der Waals surface area (Å²) in [4.78, 5) is 17.2. The van der Waals surface area contributed by atoms with E-state index < -0.39 is 6.61 Å². The highest BCUT2D eigenvalue weighted by Crippen LogP contribution is 2.17. The van der Waals surface area contributed by atoms with E-state index in [2.05, 4.69) is 4.74 Å². The van der Waals surface area contributed by atoms with Crippen molar-refractivity contribution in [2.75, 3.05) is 13.2 Å². The molecule has 6 heteroatoms. The molecule has 2 rings (SSSR count). The van der Waals surface area contributed by atoms with E-state index in [0.717, 1.165) is 12.8 Å². The summed E-state index contributed by atoms with van der Waals surface area (Å²) in [6, 6.07) is 5.56. The number of rotatable bonds is 3. The van der Waals surface area contributed by atoms with Gasteiger partial charge in [-0.2, -0.15) is 8.78 Å². The normalized spacial score (nSPS) is 15.8. The van der Waals surface area contributed by atoms with Gasteiger partial charge in [0, 0.05) is 12.1 Å². The molecular formula is C12H13F2NO3. The van der Waals surface area contributed by atoms with Gasteiger partial charge in [0.25, 0.3) is 5.91 Å². The van der Waals surface area contributed by atoms with Crippen LogP contribution in [-0.4, -0.2) is 30.7 Å². The lowest BCUT2D eigenvalue weighted by Crippen LogP contribution is -2.35. The third-order valence-corrected chi connectivity index (χ3v) is 2.56. The van der Waals surface area contributed by atoms with Crippen LogP contribution in [0.3, 0.4) is 0 Å². The molecule has 1 aliphatic heterocycles. The number of amides is 1. The molecule has 1 heterocycles. The van der Waals surface area contributed by atoms with Crippen LogP contribution < -0.4 is 4.74 Å². The molecule has 98 valence electrons. The highest BCUT2D eigenvalue weighted by atomic mass is 19.3. The maximum absolute atomic E-state index is 12.0. The van der Waals surface area contributed by atoms with Gasteiger partial charge in [0.15, 0.2) is 0 Å². The number of benzene rings is 1. The van der Waals surface area contributed by atoms with E-state index in [0.29, 0.717) is 18.7 Å².